The molecule has 21 heavy (non-hydrogen) atoms. The summed E-state index contributed by atoms with van der Waals surface area (Å²) < 4.78 is 1.14. The molecule has 110 valence electrons. The molecule has 0 saturated carbocycles. The van der Waals surface area contributed by atoms with Gasteiger partial charge in [-0.3, -0.25) is 0 Å². The van der Waals surface area contributed by atoms with Crippen molar-refractivity contribution in [1.29, 1.82) is 0 Å². The second kappa shape index (κ2) is 6.99. The molecule has 1 nitrogen and oxygen atoms in total. The van der Waals surface area contributed by atoms with Crippen molar-refractivity contribution < 1.29 is 0 Å². The molecule has 2 atom stereocenters. The van der Waals surface area contributed by atoms with Crippen LogP contribution in [-0.2, 0) is 6.42 Å². The summed E-state index contributed by atoms with van der Waals surface area (Å²) >= 11 is 5.51. The minimum Gasteiger partial charge on any atom is -0.309 e. The molecule has 1 aliphatic carbocycles. The van der Waals surface area contributed by atoms with Gasteiger partial charge in [0.2, 0.25) is 0 Å². The van der Waals surface area contributed by atoms with Gasteiger partial charge in [-0.1, -0.05) is 47.1 Å². The fourth-order valence-electron chi connectivity index (χ4n) is 3.01. The molecule has 2 aromatic carbocycles. The van der Waals surface area contributed by atoms with E-state index in [9.17, 15) is 0 Å². The second-order valence-corrected chi connectivity index (χ2v) is 7.61. The second-order valence-electron chi connectivity index (χ2n) is 5.38. The van der Waals surface area contributed by atoms with Crippen LogP contribution in [0.4, 0.5) is 0 Å². The van der Waals surface area contributed by atoms with Gasteiger partial charge < -0.3 is 5.32 Å². The Morgan fingerprint density at radius 1 is 1.14 bits per heavy atom. The van der Waals surface area contributed by atoms with Gasteiger partial charge in [0, 0.05) is 20.7 Å². The van der Waals surface area contributed by atoms with Gasteiger partial charge in [0.05, 0.1) is 0 Å². The molecule has 1 N–H and O–H groups in total. The monoisotopic (exact) mass is 361 g/mol. The van der Waals surface area contributed by atoms with Crippen molar-refractivity contribution in [1.82, 2.24) is 5.32 Å². The Kier molecular flexibility index (Phi) is 5.04. The van der Waals surface area contributed by atoms with Crippen molar-refractivity contribution in [3.8, 4) is 0 Å². The lowest BCUT2D eigenvalue weighted by molar-refractivity contribution is 0.484. The molecule has 0 aliphatic heterocycles. The highest BCUT2D eigenvalue weighted by Crippen LogP contribution is 2.40. The molecule has 0 amide bonds. The van der Waals surface area contributed by atoms with Crippen LogP contribution in [0.25, 0.3) is 0 Å². The average molecular weight is 362 g/mol. The van der Waals surface area contributed by atoms with E-state index in [4.69, 9.17) is 0 Å². The maximum atomic E-state index is 3.69. The number of rotatable bonds is 4. The highest BCUT2D eigenvalue weighted by atomic mass is 79.9. The largest absolute Gasteiger partial charge is 0.309 e. The van der Waals surface area contributed by atoms with E-state index in [1.165, 1.54) is 28.9 Å². The maximum absolute atomic E-state index is 3.69. The van der Waals surface area contributed by atoms with E-state index in [1.54, 1.807) is 0 Å². The van der Waals surface area contributed by atoms with Crippen LogP contribution in [0.1, 0.15) is 30.5 Å². The van der Waals surface area contributed by atoms with Crippen LogP contribution in [0.15, 0.2) is 57.9 Å². The van der Waals surface area contributed by atoms with Crippen molar-refractivity contribution in [3.05, 3.63) is 64.1 Å². The third kappa shape index (κ3) is 3.53. The first-order chi connectivity index (χ1) is 10.3. The van der Waals surface area contributed by atoms with Crippen LogP contribution < -0.4 is 5.32 Å². The van der Waals surface area contributed by atoms with Crippen LogP contribution in [0.3, 0.4) is 0 Å². The van der Waals surface area contributed by atoms with Gasteiger partial charge in [-0.2, -0.15) is 0 Å². The van der Waals surface area contributed by atoms with Gasteiger partial charge in [0.15, 0.2) is 0 Å². The molecule has 2 unspecified atom stereocenters. The van der Waals surface area contributed by atoms with Crippen LogP contribution in [0.2, 0.25) is 0 Å². The molecule has 0 heterocycles. The smallest absolute Gasteiger partial charge is 0.0446 e. The number of aryl methyl sites for hydroxylation is 1. The first-order valence-electron chi connectivity index (χ1n) is 7.51. The lowest BCUT2D eigenvalue weighted by Crippen LogP contribution is -2.34. The molecule has 0 aromatic heterocycles. The van der Waals surface area contributed by atoms with Crippen LogP contribution in [0, 0.1) is 0 Å². The van der Waals surface area contributed by atoms with Gasteiger partial charge in [0.25, 0.3) is 0 Å². The van der Waals surface area contributed by atoms with Crippen molar-refractivity contribution in [2.45, 2.75) is 36.0 Å². The number of benzene rings is 2. The van der Waals surface area contributed by atoms with E-state index in [2.05, 4.69) is 76.7 Å². The Morgan fingerprint density at radius 3 is 2.67 bits per heavy atom. The molecule has 3 heteroatoms. The fourth-order valence-corrected chi connectivity index (χ4v) is 4.53. The molecule has 1 aliphatic rings. The number of fused-ring (bicyclic) bond motifs is 1. The Bertz CT molecular complexity index is 596. The minimum absolute atomic E-state index is 0.452. The van der Waals surface area contributed by atoms with Gasteiger partial charge >= 0.3 is 0 Å². The highest BCUT2D eigenvalue weighted by Gasteiger charge is 2.29. The fraction of sp³-hybridized carbons (Fsp3) is 0.333. The number of nitrogens with one attached hydrogen (secondary N) is 1. The molecule has 0 bridgehead atoms. The molecule has 0 radical (unpaired) electrons. The quantitative estimate of drug-likeness (QED) is 0.802. The van der Waals surface area contributed by atoms with Gasteiger partial charge in [-0.05, 0) is 54.8 Å². The number of thioether (sulfide) groups is 1. The van der Waals surface area contributed by atoms with E-state index >= 15 is 0 Å². The minimum atomic E-state index is 0.452. The van der Waals surface area contributed by atoms with Crippen LogP contribution >= 0.6 is 27.7 Å². The maximum Gasteiger partial charge on any atom is 0.0446 e. The molecule has 0 saturated heterocycles. The number of hydrogen-bond donors (Lipinski definition) is 1. The third-order valence-electron chi connectivity index (χ3n) is 3.99. The highest BCUT2D eigenvalue weighted by molar-refractivity contribution is 9.10. The van der Waals surface area contributed by atoms with E-state index in [-0.39, 0.29) is 0 Å². The van der Waals surface area contributed by atoms with Gasteiger partial charge in [-0.25, -0.2) is 0 Å². The van der Waals surface area contributed by atoms with Crippen molar-refractivity contribution in [3.63, 3.8) is 0 Å². The Hall–Kier alpha value is -0.770. The zero-order chi connectivity index (χ0) is 14.7. The molecule has 3 rings (SSSR count). The zero-order valence-electron chi connectivity index (χ0n) is 12.2. The molecule has 0 spiro atoms. The van der Waals surface area contributed by atoms with Crippen molar-refractivity contribution >= 4 is 27.7 Å². The topological polar surface area (TPSA) is 12.0 Å². The Labute approximate surface area is 139 Å². The van der Waals surface area contributed by atoms with E-state index in [0.717, 1.165) is 11.0 Å². The first-order valence-corrected chi connectivity index (χ1v) is 9.18. The lowest BCUT2D eigenvalue weighted by Gasteiger charge is -2.34. The summed E-state index contributed by atoms with van der Waals surface area (Å²) in [7, 11) is 0. The number of halogens is 1. The summed E-state index contributed by atoms with van der Waals surface area (Å²) in [6, 6.07) is 18.0. The van der Waals surface area contributed by atoms with Crippen molar-refractivity contribution in [2.24, 2.45) is 0 Å². The molecular weight excluding hydrogens is 342 g/mol. The summed E-state index contributed by atoms with van der Waals surface area (Å²) in [5, 5.41) is 4.29. The van der Waals surface area contributed by atoms with Gasteiger partial charge in [0.1, 0.15) is 0 Å². The van der Waals surface area contributed by atoms with Crippen LogP contribution in [-0.4, -0.2) is 11.8 Å². The summed E-state index contributed by atoms with van der Waals surface area (Å²) in [5.41, 5.74) is 3.00. The molecule has 0 fully saturated rings. The van der Waals surface area contributed by atoms with Gasteiger partial charge in [-0.15, -0.1) is 11.8 Å². The van der Waals surface area contributed by atoms with E-state index < -0.39 is 0 Å². The molecular formula is C18H20BrNS. The number of hydrogen-bond acceptors (Lipinski definition) is 2. The summed E-state index contributed by atoms with van der Waals surface area (Å²) in [6.45, 7) is 3.20. The first kappa shape index (κ1) is 15.1. The zero-order valence-corrected chi connectivity index (χ0v) is 14.6. The standard InChI is InChI=1S/C18H20BrNS/c1-2-20-18-16-6-4-3-5-13(16)7-12-17(18)21-15-10-8-14(19)9-11-15/h3-6,8-11,17-18,20H,2,7,12H2,1H3. The molecule has 2 aromatic rings. The predicted octanol–water partition coefficient (Wildman–Crippen LogP) is 5.21. The Balaban J connectivity index is 1.83. The normalized spacial score (nSPS) is 21.0. The SMILES string of the molecule is CCNC1c2ccccc2CCC1Sc1ccc(Br)cc1. The average Bonchev–Trinajstić information content (AvgIpc) is 2.52. The predicted molar refractivity (Wildman–Crippen MR) is 95.0 cm³/mol. The summed E-state index contributed by atoms with van der Waals surface area (Å²) in [5.74, 6) is 0. The van der Waals surface area contributed by atoms with Crippen LogP contribution in [0.5, 0.6) is 0 Å². The van der Waals surface area contributed by atoms with E-state index in [1.807, 2.05) is 11.8 Å². The Morgan fingerprint density at radius 2 is 1.90 bits per heavy atom. The van der Waals surface area contributed by atoms with Crippen molar-refractivity contribution in [2.75, 3.05) is 6.54 Å². The lowest BCUT2D eigenvalue weighted by atomic mass is 9.87. The third-order valence-corrected chi connectivity index (χ3v) is 5.87. The summed E-state index contributed by atoms with van der Waals surface area (Å²) in [4.78, 5) is 1.35. The van der Waals surface area contributed by atoms with E-state index in [0.29, 0.717) is 11.3 Å². The summed E-state index contributed by atoms with van der Waals surface area (Å²) in [6.07, 6.45) is 2.42.